The van der Waals surface area contributed by atoms with E-state index in [1.807, 2.05) is 45.9 Å². The number of likely N-dealkylation sites (N-methyl/N-ethyl adjacent to an activating group) is 1. The van der Waals surface area contributed by atoms with Gasteiger partial charge in [-0.2, -0.15) is 0 Å². The summed E-state index contributed by atoms with van der Waals surface area (Å²) in [4.78, 5) is 25.6. The topological polar surface area (TPSA) is 75.4 Å². The van der Waals surface area contributed by atoms with Crippen molar-refractivity contribution in [3.05, 3.63) is 29.3 Å². The van der Waals surface area contributed by atoms with E-state index in [-0.39, 0.29) is 30.8 Å². The van der Waals surface area contributed by atoms with E-state index in [2.05, 4.69) is 5.32 Å². The number of nitrogens with zero attached hydrogens (tertiary/aromatic N) is 1. The molecule has 5 nitrogen and oxygen atoms in total. The molecule has 1 rings (SSSR count). The van der Waals surface area contributed by atoms with Crippen LogP contribution in [0.1, 0.15) is 31.4 Å². The average Bonchev–Trinajstić information content (AvgIpc) is 2.42. The fourth-order valence-corrected chi connectivity index (χ4v) is 2.26. The molecule has 0 aliphatic carbocycles. The molecule has 23 heavy (non-hydrogen) atoms. The Morgan fingerprint density at radius 1 is 1.26 bits per heavy atom. The second-order valence-corrected chi connectivity index (χ2v) is 6.23. The van der Waals surface area contributed by atoms with E-state index in [0.717, 1.165) is 16.8 Å². The van der Waals surface area contributed by atoms with Gasteiger partial charge in [-0.15, -0.1) is 12.4 Å². The van der Waals surface area contributed by atoms with Crippen molar-refractivity contribution in [2.75, 3.05) is 18.9 Å². The van der Waals surface area contributed by atoms with Crippen LogP contribution in [0, 0.1) is 19.8 Å². The molecule has 6 heteroatoms. The molecule has 0 saturated heterocycles. The number of hydrogen-bond donors (Lipinski definition) is 2. The Bertz CT molecular complexity index is 547. The van der Waals surface area contributed by atoms with Gasteiger partial charge in [0.25, 0.3) is 0 Å². The summed E-state index contributed by atoms with van der Waals surface area (Å²) in [6, 6.07) is 5.18. The molecule has 0 aliphatic rings. The van der Waals surface area contributed by atoms with E-state index in [4.69, 9.17) is 5.73 Å². The summed E-state index contributed by atoms with van der Waals surface area (Å²) in [5.74, 6) is -0.0813. The molecule has 0 aliphatic heterocycles. The summed E-state index contributed by atoms with van der Waals surface area (Å²) >= 11 is 0. The second-order valence-electron chi connectivity index (χ2n) is 6.23. The third kappa shape index (κ3) is 6.59. The van der Waals surface area contributed by atoms with Gasteiger partial charge in [-0.25, -0.2) is 0 Å². The van der Waals surface area contributed by atoms with Crippen LogP contribution in [0.4, 0.5) is 5.69 Å². The van der Waals surface area contributed by atoms with Gasteiger partial charge in [-0.1, -0.05) is 26.0 Å². The smallest absolute Gasteiger partial charge is 0.243 e. The first-order valence-electron chi connectivity index (χ1n) is 7.59. The van der Waals surface area contributed by atoms with Gasteiger partial charge in [-0.05, 0) is 43.4 Å². The zero-order valence-corrected chi connectivity index (χ0v) is 15.4. The Labute approximate surface area is 145 Å². The molecule has 0 heterocycles. The zero-order chi connectivity index (χ0) is 16.9. The van der Waals surface area contributed by atoms with Gasteiger partial charge in [0, 0.05) is 12.7 Å². The highest BCUT2D eigenvalue weighted by Gasteiger charge is 2.21. The number of anilines is 1. The minimum atomic E-state index is -0.557. The predicted molar refractivity (Wildman–Crippen MR) is 96.9 cm³/mol. The van der Waals surface area contributed by atoms with Gasteiger partial charge in [0.05, 0.1) is 12.6 Å². The number of carbonyl (C=O) groups is 2. The molecule has 0 aromatic heterocycles. The van der Waals surface area contributed by atoms with Gasteiger partial charge < -0.3 is 16.0 Å². The molecule has 130 valence electrons. The lowest BCUT2D eigenvalue weighted by Crippen LogP contribution is -2.45. The third-order valence-electron chi connectivity index (χ3n) is 3.68. The van der Waals surface area contributed by atoms with Gasteiger partial charge in [0.1, 0.15) is 0 Å². The van der Waals surface area contributed by atoms with Crippen molar-refractivity contribution in [3.8, 4) is 0 Å². The predicted octanol–water partition coefficient (Wildman–Crippen LogP) is 2.50. The maximum Gasteiger partial charge on any atom is 0.243 e. The van der Waals surface area contributed by atoms with Gasteiger partial charge in [0.2, 0.25) is 11.8 Å². The fraction of sp³-hybridized carbons (Fsp3) is 0.529. The van der Waals surface area contributed by atoms with Crippen molar-refractivity contribution in [3.63, 3.8) is 0 Å². The number of hydrogen-bond acceptors (Lipinski definition) is 3. The summed E-state index contributed by atoms with van der Waals surface area (Å²) < 4.78 is 0. The SMILES string of the molecule is Cc1cccc(NC(=O)CN(C)C(=O)[C@@H](N)CC(C)C)c1C.Cl. The van der Waals surface area contributed by atoms with Crippen LogP contribution in [0.3, 0.4) is 0 Å². The third-order valence-corrected chi connectivity index (χ3v) is 3.68. The van der Waals surface area contributed by atoms with Gasteiger partial charge in [-0.3, -0.25) is 9.59 Å². The Morgan fingerprint density at radius 2 is 1.87 bits per heavy atom. The van der Waals surface area contributed by atoms with Crippen molar-refractivity contribution in [2.45, 2.75) is 40.2 Å². The van der Waals surface area contributed by atoms with Crippen LogP contribution in [0.15, 0.2) is 18.2 Å². The Hall–Kier alpha value is -1.59. The quantitative estimate of drug-likeness (QED) is 0.834. The van der Waals surface area contributed by atoms with Crippen molar-refractivity contribution in [1.29, 1.82) is 0 Å². The minimum Gasteiger partial charge on any atom is -0.335 e. The summed E-state index contributed by atoms with van der Waals surface area (Å²) in [6.07, 6.45) is 0.613. The van der Waals surface area contributed by atoms with Crippen LogP contribution in [-0.4, -0.2) is 36.3 Å². The lowest BCUT2D eigenvalue weighted by molar-refractivity contribution is -0.134. The van der Waals surface area contributed by atoms with E-state index in [9.17, 15) is 9.59 Å². The van der Waals surface area contributed by atoms with Crippen LogP contribution in [0.2, 0.25) is 0 Å². The van der Waals surface area contributed by atoms with Crippen LogP contribution < -0.4 is 11.1 Å². The fourth-order valence-electron chi connectivity index (χ4n) is 2.26. The first-order valence-corrected chi connectivity index (χ1v) is 7.59. The monoisotopic (exact) mass is 341 g/mol. The number of carbonyl (C=O) groups excluding carboxylic acids is 2. The van der Waals surface area contributed by atoms with Crippen molar-refractivity contribution >= 4 is 29.9 Å². The summed E-state index contributed by atoms with van der Waals surface area (Å²) in [6.45, 7) is 7.97. The summed E-state index contributed by atoms with van der Waals surface area (Å²) in [5, 5.41) is 2.84. The molecule has 0 fully saturated rings. The lowest BCUT2D eigenvalue weighted by atomic mass is 10.0. The zero-order valence-electron chi connectivity index (χ0n) is 14.6. The van der Waals surface area contributed by atoms with Crippen molar-refractivity contribution in [2.24, 2.45) is 11.7 Å². The van der Waals surface area contributed by atoms with E-state index < -0.39 is 6.04 Å². The number of nitrogens with two attached hydrogens (primary N) is 1. The van der Waals surface area contributed by atoms with Crippen molar-refractivity contribution < 1.29 is 9.59 Å². The highest BCUT2D eigenvalue weighted by atomic mass is 35.5. The molecule has 0 saturated carbocycles. The first-order chi connectivity index (χ1) is 10.2. The number of benzene rings is 1. The van der Waals surface area contributed by atoms with Crippen molar-refractivity contribution in [1.82, 2.24) is 4.90 Å². The molecule has 0 spiro atoms. The molecule has 0 bridgehead atoms. The Morgan fingerprint density at radius 3 is 2.43 bits per heavy atom. The molecule has 1 aromatic carbocycles. The lowest BCUT2D eigenvalue weighted by Gasteiger charge is -2.22. The molecule has 0 radical (unpaired) electrons. The second kappa shape index (κ2) is 9.53. The normalized spacial score (nSPS) is 11.6. The van der Waals surface area contributed by atoms with Gasteiger partial charge in [0.15, 0.2) is 0 Å². The molecule has 2 amide bonds. The van der Waals surface area contributed by atoms with E-state index in [1.165, 1.54) is 4.90 Å². The Kier molecular flexibility index (Phi) is 8.87. The summed E-state index contributed by atoms with van der Waals surface area (Å²) in [7, 11) is 1.60. The van der Waals surface area contributed by atoms with Crippen LogP contribution >= 0.6 is 12.4 Å². The minimum absolute atomic E-state index is 0. The molecule has 1 atom stereocenters. The standard InChI is InChI=1S/C17H27N3O2.ClH/c1-11(2)9-14(18)17(22)20(5)10-16(21)19-15-8-6-7-12(3)13(15)4;/h6-8,11,14H,9-10,18H2,1-5H3,(H,19,21);1H/t14-;/m0./s1. The van der Waals surface area contributed by atoms with Crippen LogP contribution in [0.5, 0.6) is 0 Å². The number of nitrogens with one attached hydrogen (secondary N) is 1. The maximum absolute atomic E-state index is 12.1. The van der Waals surface area contributed by atoms with E-state index in [0.29, 0.717) is 12.3 Å². The van der Waals surface area contributed by atoms with Gasteiger partial charge >= 0.3 is 0 Å². The molecule has 3 N–H and O–H groups in total. The Balaban J connectivity index is 0.00000484. The molecule has 0 unspecified atom stereocenters. The number of aryl methyl sites for hydroxylation is 1. The van der Waals surface area contributed by atoms with Crippen LogP contribution in [0.25, 0.3) is 0 Å². The number of rotatable bonds is 6. The van der Waals surface area contributed by atoms with Crippen LogP contribution in [-0.2, 0) is 9.59 Å². The maximum atomic E-state index is 12.1. The number of amides is 2. The highest BCUT2D eigenvalue weighted by molar-refractivity contribution is 5.95. The highest BCUT2D eigenvalue weighted by Crippen LogP contribution is 2.17. The molecular weight excluding hydrogens is 314 g/mol. The molecule has 1 aromatic rings. The first kappa shape index (κ1) is 21.4. The van der Waals surface area contributed by atoms with E-state index in [1.54, 1.807) is 7.05 Å². The van der Waals surface area contributed by atoms with E-state index >= 15 is 0 Å². The number of halogens is 1. The summed E-state index contributed by atoms with van der Waals surface area (Å²) in [5.41, 5.74) is 8.78. The molecular formula is C17H28ClN3O2. The average molecular weight is 342 g/mol. The largest absolute Gasteiger partial charge is 0.335 e.